The van der Waals surface area contributed by atoms with Crippen LogP contribution in [-0.2, 0) is 0 Å². The molecule has 1 aliphatic heterocycles. The molecule has 1 unspecified atom stereocenters. The number of aryl methyl sites for hydroxylation is 1. The van der Waals surface area contributed by atoms with E-state index in [2.05, 4.69) is 47.3 Å². The molecule has 118 valence electrons. The molecule has 23 heavy (non-hydrogen) atoms. The predicted octanol–water partition coefficient (Wildman–Crippen LogP) is 2.67. The first kappa shape index (κ1) is 14.2. The highest BCUT2D eigenvalue weighted by Gasteiger charge is 2.26. The molecule has 1 fully saturated rings. The number of hydrogen-bond acceptors (Lipinski definition) is 4. The number of aliphatic hydroxyl groups excluding tert-OH is 1. The van der Waals surface area contributed by atoms with Crippen LogP contribution in [0.15, 0.2) is 42.6 Å². The summed E-state index contributed by atoms with van der Waals surface area (Å²) in [6.45, 7) is 3.20. The summed E-state index contributed by atoms with van der Waals surface area (Å²) >= 11 is 0. The van der Waals surface area contributed by atoms with Crippen molar-refractivity contribution in [1.29, 1.82) is 0 Å². The lowest BCUT2D eigenvalue weighted by atomic mass is 10.1. The molecule has 5 heteroatoms. The molecule has 0 spiro atoms. The summed E-state index contributed by atoms with van der Waals surface area (Å²) in [7, 11) is 0. The minimum absolute atomic E-state index is 0.163. The highest BCUT2D eigenvalue weighted by molar-refractivity contribution is 5.67. The van der Waals surface area contributed by atoms with Crippen LogP contribution in [0.25, 0.3) is 16.9 Å². The van der Waals surface area contributed by atoms with Crippen molar-refractivity contribution in [3.8, 4) is 11.3 Å². The van der Waals surface area contributed by atoms with Crippen molar-refractivity contribution in [3.05, 3.63) is 48.2 Å². The molecule has 1 atom stereocenters. The minimum Gasteiger partial charge on any atom is -0.394 e. The first-order valence-electron chi connectivity index (χ1n) is 8.05. The van der Waals surface area contributed by atoms with Crippen LogP contribution in [-0.4, -0.2) is 38.9 Å². The Kier molecular flexibility index (Phi) is 3.50. The summed E-state index contributed by atoms with van der Waals surface area (Å²) < 4.78 is 1.87. The van der Waals surface area contributed by atoms with Crippen molar-refractivity contribution in [1.82, 2.24) is 14.6 Å². The van der Waals surface area contributed by atoms with Crippen LogP contribution in [0.4, 0.5) is 5.82 Å². The summed E-state index contributed by atoms with van der Waals surface area (Å²) in [5.74, 6) is 1.01. The van der Waals surface area contributed by atoms with E-state index in [-0.39, 0.29) is 12.6 Å². The number of aliphatic hydroxyl groups is 1. The van der Waals surface area contributed by atoms with Crippen LogP contribution in [0.1, 0.15) is 18.4 Å². The molecule has 5 nitrogen and oxygen atoms in total. The van der Waals surface area contributed by atoms with Gasteiger partial charge in [0.25, 0.3) is 0 Å². The van der Waals surface area contributed by atoms with E-state index >= 15 is 0 Å². The summed E-state index contributed by atoms with van der Waals surface area (Å²) in [5.41, 5.74) is 4.11. The van der Waals surface area contributed by atoms with Gasteiger partial charge in [0.2, 0.25) is 0 Å². The fourth-order valence-corrected chi connectivity index (χ4v) is 3.30. The van der Waals surface area contributed by atoms with Crippen LogP contribution in [0.3, 0.4) is 0 Å². The summed E-state index contributed by atoms with van der Waals surface area (Å²) in [6.07, 6.45) is 3.88. The summed E-state index contributed by atoms with van der Waals surface area (Å²) in [5, 5.41) is 14.1. The van der Waals surface area contributed by atoms with Gasteiger partial charge in [0, 0.05) is 24.2 Å². The number of nitrogens with zero attached hydrogens (tertiary/aromatic N) is 4. The van der Waals surface area contributed by atoms with E-state index in [9.17, 15) is 5.11 Å². The Balaban J connectivity index is 1.86. The molecular weight excluding hydrogens is 288 g/mol. The zero-order chi connectivity index (χ0) is 15.8. The highest BCUT2D eigenvalue weighted by Crippen LogP contribution is 2.29. The maximum Gasteiger partial charge on any atom is 0.157 e. The van der Waals surface area contributed by atoms with E-state index in [1.807, 2.05) is 10.6 Å². The molecule has 3 aromatic rings. The lowest BCUT2D eigenvalue weighted by molar-refractivity contribution is 0.266. The van der Waals surface area contributed by atoms with Crippen molar-refractivity contribution in [2.75, 3.05) is 18.1 Å². The summed E-state index contributed by atoms with van der Waals surface area (Å²) in [4.78, 5) is 6.98. The minimum atomic E-state index is 0.163. The number of benzene rings is 1. The monoisotopic (exact) mass is 308 g/mol. The average molecular weight is 308 g/mol. The molecule has 0 saturated carbocycles. The molecule has 4 rings (SSSR count). The second-order valence-corrected chi connectivity index (χ2v) is 6.14. The van der Waals surface area contributed by atoms with E-state index in [1.54, 1.807) is 6.20 Å². The van der Waals surface area contributed by atoms with Crippen molar-refractivity contribution in [2.24, 2.45) is 0 Å². The smallest absolute Gasteiger partial charge is 0.157 e. The Hall–Kier alpha value is -2.40. The lowest BCUT2D eigenvalue weighted by Crippen LogP contribution is -2.33. The van der Waals surface area contributed by atoms with Gasteiger partial charge in [-0.25, -0.2) is 4.98 Å². The van der Waals surface area contributed by atoms with E-state index in [1.165, 1.54) is 5.56 Å². The summed E-state index contributed by atoms with van der Waals surface area (Å²) in [6, 6.07) is 12.6. The fraction of sp³-hybridized carbons (Fsp3) is 0.333. The Morgan fingerprint density at radius 2 is 2.04 bits per heavy atom. The van der Waals surface area contributed by atoms with Gasteiger partial charge in [-0.1, -0.05) is 29.8 Å². The van der Waals surface area contributed by atoms with Crippen molar-refractivity contribution in [3.63, 3.8) is 0 Å². The van der Waals surface area contributed by atoms with Crippen LogP contribution < -0.4 is 4.90 Å². The molecule has 1 saturated heterocycles. The number of rotatable bonds is 3. The molecule has 0 aliphatic carbocycles. The molecule has 3 heterocycles. The molecule has 0 bridgehead atoms. The van der Waals surface area contributed by atoms with Gasteiger partial charge in [0.15, 0.2) is 5.65 Å². The van der Waals surface area contributed by atoms with Gasteiger partial charge in [0.1, 0.15) is 5.82 Å². The van der Waals surface area contributed by atoms with Gasteiger partial charge in [-0.15, -0.1) is 0 Å². The standard InChI is InChI=1S/C18H20N4O/c1-13-4-6-14(7-5-13)16-11-18(21-10-2-3-15(21)12-23)22-17(20-16)8-9-19-22/h4-9,11,15,23H,2-3,10,12H2,1H3. The van der Waals surface area contributed by atoms with E-state index in [0.717, 1.165) is 42.1 Å². The first-order valence-corrected chi connectivity index (χ1v) is 8.05. The normalized spacial score (nSPS) is 18.0. The van der Waals surface area contributed by atoms with Crippen LogP contribution in [0.5, 0.6) is 0 Å². The number of hydrogen-bond donors (Lipinski definition) is 1. The molecule has 1 aromatic carbocycles. The molecular formula is C18H20N4O. The maximum absolute atomic E-state index is 9.65. The predicted molar refractivity (Wildman–Crippen MR) is 90.6 cm³/mol. The Labute approximate surface area is 135 Å². The zero-order valence-electron chi connectivity index (χ0n) is 13.2. The van der Waals surface area contributed by atoms with Gasteiger partial charge in [-0.2, -0.15) is 9.61 Å². The van der Waals surface area contributed by atoms with Gasteiger partial charge in [0.05, 0.1) is 24.5 Å². The quantitative estimate of drug-likeness (QED) is 0.808. The molecule has 1 aliphatic rings. The van der Waals surface area contributed by atoms with Crippen LogP contribution in [0.2, 0.25) is 0 Å². The van der Waals surface area contributed by atoms with Gasteiger partial charge < -0.3 is 10.0 Å². The van der Waals surface area contributed by atoms with E-state index in [4.69, 9.17) is 4.98 Å². The number of fused-ring (bicyclic) bond motifs is 1. The third kappa shape index (κ3) is 2.47. The van der Waals surface area contributed by atoms with Gasteiger partial charge in [-0.05, 0) is 19.8 Å². The SMILES string of the molecule is Cc1ccc(-c2cc(N3CCCC3CO)n3nccc3n2)cc1. The second-order valence-electron chi connectivity index (χ2n) is 6.14. The molecule has 1 N–H and O–H groups in total. The van der Waals surface area contributed by atoms with Crippen molar-refractivity contribution in [2.45, 2.75) is 25.8 Å². The Morgan fingerprint density at radius 3 is 2.83 bits per heavy atom. The van der Waals surface area contributed by atoms with Crippen LogP contribution in [0, 0.1) is 6.92 Å². The van der Waals surface area contributed by atoms with Crippen molar-refractivity contribution < 1.29 is 5.11 Å². The second kappa shape index (κ2) is 5.66. The maximum atomic E-state index is 9.65. The molecule has 2 aromatic heterocycles. The third-order valence-electron chi connectivity index (χ3n) is 4.57. The Morgan fingerprint density at radius 1 is 1.22 bits per heavy atom. The highest BCUT2D eigenvalue weighted by atomic mass is 16.3. The van der Waals surface area contributed by atoms with Gasteiger partial charge >= 0.3 is 0 Å². The molecule has 0 radical (unpaired) electrons. The third-order valence-corrected chi connectivity index (χ3v) is 4.57. The zero-order valence-corrected chi connectivity index (χ0v) is 13.2. The van der Waals surface area contributed by atoms with E-state index < -0.39 is 0 Å². The Bertz CT molecular complexity index is 825. The lowest BCUT2D eigenvalue weighted by Gasteiger charge is -2.26. The van der Waals surface area contributed by atoms with Crippen molar-refractivity contribution >= 4 is 11.5 Å². The van der Waals surface area contributed by atoms with E-state index in [0.29, 0.717) is 0 Å². The molecule has 0 amide bonds. The first-order chi connectivity index (χ1) is 11.3. The number of aromatic nitrogens is 3. The average Bonchev–Trinajstić information content (AvgIpc) is 3.23. The number of anilines is 1. The van der Waals surface area contributed by atoms with Gasteiger partial charge in [-0.3, -0.25) is 0 Å². The largest absolute Gasteiger partial charge is 0.394 e. The van der Waals surface area contributed by atoms with Crippen LogP contribution >= 0.6 is 0 Å². The fourth-order valence-electron chi connectivity index (χ4n) is 3.30. The topological polar surface area (TPSA) is 53.7 Å².